The first-order valence-electron chi connectivity index (χ1n) is 11.2. The summed E-state index contributed by atoms with van der Waals surface area (Å²) in [5, 5.41) is 4.20. The minimum atomic E-state index is -0.543. The minimum Gasteiger partial charge on any atom is -0.352 e. The van der Waals surface area contributed by atoms with Gasteiger partial charge in [-0.15, -0.1) is 11.8 Å². The molecule has 0 aromatic heterocycles. The molecule has 1 atom stereocenters. The van der Waals surface area contributed by atoms with E-state index in [1.54, 1.807) is 28.8 Å². The molecule has 0 spiro atoms. The van der Waals surface area contributed by atoms with Gasteiger partial charge in [0.05, 0.1) is 5.75 Å². The number of nitrogens with one attached hydrogen (secondary N) is 1. The Balaban J connectivity index is 1.72. The highest BCUT2D eigenvalue weighted by atomic mass is 79.9. The smallest absolute Gasteiger partial charge is 0.243 e. The molecule has 0 saturated heterocycles. The SMILES string of the molecule is CCC(C(=O)NC1CCCC1)N(Cc1ccc(Cl)cc1Cl)C(=O)CSCc1ccc(Br)cc1. The average molecular weight is 572 g/mol. The first-order valence-corrected chi connectivity index (χ1v) is 13.9. The van der Waals surface area contributed by atoms with E-state index in [1.807, 2.05) is 37.3 Å². The lowest BCUT2D eigenvalue weighted by Gasteiger charge is -2.31. The Morgan fingerprint density at radius 3 is 2.48 bits per heavy atom. The summed E-state index contributed by atoms with van der Waals surface area (Å²) in [4.78, 5) is 28.2. The van der Waals surface area contributed by atoms with Gasteiger partial charge in [-0.25, -0.2) is 0 Å². The lowest BCUT2D eigenvalue weighted by Crippen LogP contribution is -2.51. The van der Waals surface area contributed by atoms with Gasteiger partial charge in [-0.2, -0.15) is 0 Å². The summed E-state index contributed by atoms with van der Waals surface area (Å²) in [6.45, 7) is 2.21. The molecule has 1 unspecified atom stereocenters. The maximum atomic E-state index is 13.4. The summed E-state index contributed by atoms with van der Waals surface area (Å²) in [6, 6.07) is 13.0. The number of carbonyl (C=O) groups is 2. The largest absolute Gasteiger partial charge is 0.352 e. The molecule has 0 heterocycles. The fourth-order valence-electron chi connectivity index (χ4n) is 4.04. The van der Waals surface area contributed by atoms with Crippen molar-refractivity contribution in [1.82, 2.24) is 10.2 Å². The molecule has 2 aromatic carbocycles. The fraction of sp³-hybridized carbons (Fsp3) is 0.440. The van der Waals surface area contributed by atoms with Crippen molar-refractivity contribution in [2.24, 2.45) is 0 Å². The monoisotopic (exact) mass is 570 g/mol. The molecular weight excluding hydrogens is 543 g/mol. The zero-order valence-corrected chi connectivity index (χ0v) is 22.6. The van der Waals surface area contributed by atoms with Crippen LogP contribution in [0.4, 0.5) is 0 Å². The molecule has 2 aromatic rings. The number of carbonyl (C=O) groups excluding carboxylic acids is 2. The third-order valence-electron chi connectivity index (χ3n) is 5.85. The number of rotatable bonds is 10. The van der Waals surface area contributed by atoms with Gasteiger partial charge in [-0.05, 0) is 54.7 Å². The highest BCUT2D eigenvalue weighted by Gasteiger charge is 2.30. The average Bonchev–Trinajstić information content (AvgIpc) is 3.29. The third-order valence-corrected chi connectivity index (χ3v) is 7.95. The van der Waals surface area contributed by atoms with Crippen LogP contribution in [0, 0.1) is 0 Å². The Bertz CT molecular complexity index is 952. The van der Waals surface area contributed by atoms with Crippen molar-refractivity contribution < 1.29 is 9.59 Å². The molecule has 1 fully saturated rings. The molecule has 1 saturated carbocycles. The van der Waals surface area contributed by atoms with E-state index in [2.05, 4.69) is 21.2 Å². The number of nitrogens with zero attached hydrogens (tertiary/aromatic N) is 1. The Hall–Kier alpha value is -1.21. The molecule has 1 aliphatic rings. The van der Waals surface area contributed by atoms with Crippen LogP contribution in [0.1, 0.15) is 50.2 Å². The molecule has 4 nitrogen and oxygen atoms in total. The van der Waals surface area contributed by atoms with Crippen LogP contribution in [0.3, 0.4) is 0 Å². The Labute approximate surface area is 218 Å². The van der Waals surface area contributed by atoms with E-state index >= 15 is 0 Å². The van der Waals surface area contributed by atoms with Crippen molar-refractivity contribution in [2.75, 3.05) is 5.75 Å². The molecule has 1 N–H and O–H groups in total. The first-order chi connectivity index (χ1) is 15.9. The van der Waals surface area contributed by atoms with Gasteiger partial charge in [0, 0.05) is 32.9 Å². The highest BCUT2D eigenvalue weighted by Crippen LogP contribution is 2.25. The van der Waals surface area contributed by atoms with Gasteiger partial charge >= 0.3 is 0 Å². The number of amides is 2. The van der Waals surface area contributed by atoms with Crippen LogP contribution in [0.15, 0.2) is 46.9 Å². The highest BCUT2D eigenvalue weighted by molar-refractivity contribution is 9.10. The first kappa shape index (κ1) is 26.4. The normalized spacial score (nSPS) is 14.8. The maximum Gasteiger partial charge on any atom is 0.243 e. The van der Waals surface area contributed by atoms with Crippen molar-refractivity contribution in [3.05, 3.63) is 68.1 Å². The van der Waals surface area contributed by atoms with E-state index in [9.17, 15) is 9.59 Å². The Morgan fingerprint density at radius 1 is 1.15 bits per heavy atom. The predicted octanol–water partition coefficient (Wildman–Crippen LogP) is 6.86. The summed E-state index contributed by atoms with van der Waals surface area (Å²) in [7, 11) is 0. The Kier molecular flexibility index (Phi) is 10.4. The van der Waals surface area contributed by atoms with E-state index < -0.39 is 6.04 Å². The summed E-state index contributed by atoms with van der Waals surface area (Å²) in [5.41, 5.74) is 1.92. The summed E-state index contributed by atoms with van der Waals surface area (Å²) in [6.07, 6.45) is 4.81. The number of hydrogen-bond acceptors (Lipinski definition) is 3. The van der Waals surface area contributed by atoms with Crippen molar-refractivity contribution in [2.45, 2.75) is 63.4 Å². The number of benzene rings is 2. The fourth-order valence-corrected chi connectivity index (χ4v) is 5.64. The lowest BCUT2D eigenvalue weighted by molar-refractivity contribution is -0.139. The van der Waals surface area contributed by atoms with Gasteiger partial charge in [-0.1, -0.05) is 77.1 Å². The van der Waals surface area contributed by atoms with Gasteiger partial charge in [0.15, 0.2) is 0 Å². The second kappa shape index (κ2) is 13.0. The van der Waals surface area contributed by atoms with Crippen LogP contribution in [0.5, 0.6) is 0 Å². The van der Waals surface area contributed by atoms with Crippen LogP contribution in [-0.4, -0.2) is 34.6 Å². The molecule has 0 radical (unpaired) electrons. The second-order valence-corrected chi connectivity index (χ2v) is 11.0. The van der Waals surface area contributed by atoms with E-state index in [4.69, 9.17) is 23.2 Å². The number of hydrogen-bond donors (Lipinski definition) is 1. The molecule has 33 heavy (non-hydrogen) atoms. The molecule has 1 aliphatic carbocycles. The summed E-state index contributed by atoms with van der Waals surface area (Å²) < 4.78 is 1.03. The third kappa shape index (κ3) is 7.91. The minimum absolute atomic E-state index is 0.0726. The van der Waals surface area contributed by atoms with Crippen LogP contribution >= 0.6 is 50.9 Å². The van der Waals surface area contributed by atoms with Crippen LogP contribution < -0.4 is 5.32 Å². The Morgan fingerprint density at radius 2 is 1.85 bits per heavy atom. The van der Waals surface area contributed by atoms with E-state index in [-0.39, 0.29) is 30.2 Å². The molecule has 178 valence electrons. The van der Waals surface area contributed by atoms with Crippen molar-refractivity contribution in [3.63, 3.8) is 0 Å². The number of halogens is 3. The van der Waals surface area contributed by atoms with Gasteiger partial charge in [-0.3, -0.25) is 9.59 Å². The molecule has 2 amide bonds. The second-order valence-electron chi connectivity index (χ2n) is 8.29. The molecule has 0 aliphatic heterocycles. The topological polar surface area (TPSA) is 49.4 Å². The van der Waals surface area contributed by atoms with Crippen LogP contribution in [0.2, 0.25) is 10.0 Å². The summed E-state index contributed by atoms with van der Waals surface area (Å²) >= 11 is 17.4. The van der Waals surface area contributed by atoms with E-state index in [0.717, 1.165) is 47.0 Å². The van der Waals surface area contributed by atoms with Crippen LogP contribution in [0.25, 0.3) is 0 Å². The lowest BCUT2D eigenvalue weighted by atomic mass is 10.1. The molecular formula is C25H29BrCl2N2O2S. The van der Waals surface area contributed by atoms with Gasteiger partial charge < -0.3 is 10.2 Å². The van der Waals surface area contributed by atoms with Gasteiger partial charge in [0.2, 0.25) is 11.8 Å². The molecule has 3 rings (SSSR count). The molecule has 0 bridgehead atoms. The number of thioether (sulfide) groups is 1. The standard InChI is InChI=1S/C25H29BrCl2N2O2S/c1-2-23(25(32)29-21-5-3-4-6-21)30(14-18-9-12-20(27)13-22(18)28)24(31)16-33-15-17-7-10-19(26)11-8-17/h7-13,21,23H,2-6,14-16H2,1H3,(H,29,32). The summed E-state index contributed by atoms with van der Waals surface area (Å²) in [5.74, 6) is 0.853. The van der Waals surface area contributed by atoms with Gasteiger partial charge in [0.1, 0.15) is 6.04 Å². The zero-order valence-electron chi connectivity index (χ0n) is 18.7. The van der Waals surface area contributed by atoms with Gasteiger partial charge in [0.25, 0.3) is 0 Å². The zero-order chi connectivity index (χ0) is 23.8. The quantitative estimate of drug-likeness (QED) is 0.339. The van der Waals surface area contributed by atoms with Crippen molar-refractivity contribution in [3.8, 4) is 0 Å². The van der Waals surface area contributed by atoms with E-state index in [0.29, 0.717) is 16.5 Å². The predicted molar refractivity (Wildman–Crippen MR) is 142 cm³/mol. The van der Waals surface area contributed by atoms with Crippen molar-refractivity contribution in [1.29, 1.82) is 0 Å². The maximum absolute atomic E-state index is 13.4. The van der Waals surface area contributed by atoms with Crippen LogP contribution in [-0.2, 0) is 21.9 Å². The van der Waals surface area contributed by atoms with E-state index in [1.165, 1.54) is 0 Å². The molecule has 8 heteroatoms. The van der Waals surface area contributed by atoms with Crippen molar-refractivity contribution >= 4 is 62.7 Å².